The van der Waals surface area contributed by atoms with E-state index in [0.29, 0.717) is 6.54 Å². The van der Waals surface area contributed by atoms with Gasteiger partial charge in [0.1, 0.15) is 11.6 Å². The van der Waals surface area contributed by atoms with Gasteiger partial charge in [-0.25, -0.2) is 0 Å². The maximum absolute atomic E-state index is 12.3. The lowest BCUT2D eigenvalue weighted by Gasteiger charge is -2.12. The number of aryl methyl sites for hydroxylation is 1. The van der Waals surface area contributed by atoms with Gasteiger partial charge in [-0.15, -0.1) is 0 Å². The zero-order chi connectivity index (χ0) is 17.7. The van der Waals surface area contributed by atoms with Gasteiger partial charge in [0, 0.05) is 29.9 Å². The van der Waals surface area contributed by atoms with E-state index < -0.39 is 0 Å². The summed E-state index contributed by atoms with van der Waals surface area (Å²) in [5, 5.41) is 21.4. The van der Waals surface area contributed by atoms with E-state index in [4.69, 9.17) is 0 Å². The third-order valence-corrected chi connectivity index (χ3v) is 4.93. The van der Waals surface area contributed by atoms with Gasteiger partial charge < -0.3 is 15.0 Å². The molecule has 130 valence electrons. The number of aliphatic hydroxyl groups is 1. The fourth-order valence-electron chi connectivity index (χ4n) is 2.87. The van der Waals surface area contributed by atoms with Gasteiger partial charge in [0.25, 0.3) is 5.91 Å². The number of nitrogens with zero attached hydrogens (tertiary/aromatic N) is 2. The number of nitriles is 1. The number of aliphatic hydroxyl groups excluding tert-OH is 1. The standard InChI is InChI=1S/C19H27N3O2/c1-4-5-8-22-14(2)9-16(15(22)3)10-17(11-20)18(24)21-12-19(13-23)6-7-19/h9-10,23H,4-8,12-13H2,1-3H3,(H,21,24)/b17-10-. The monoisotopic (exact) mass is 329 g/mol. The lowest BCUT2D eigenvalue weighted by atomic mass is 10.1. The van der Waals surface area contributed by atoms with Gasteiger partial charge in [0.2, 0.25) is 0 Å². The second-order valence-electron chi connectivity index (χ2n) is 6.84. The summed E-state index contributed by atoms with van der Waals surface area (Å²) in [6, 6.07) is 4.02. The van der Waals surface area contributed by atoms with Crippen LogP contribution in [0, 0.1) is 30.6 Å². The molecule has 5 heteroatoms. The number of nitrogens with one attached hydrogen (secondary N) is 1. The number of amides is 1. The van der Waals surface area contributed by atoms with Crippen molar-refractivity contribution in [1.29, 1.82) is 5.26 Å². The molecule has 2 N–H and O–H groups in total. The van der Waals surface area contributed by atoms with Gasteiger partial charge in [-0.2, -0.15) is 5.26 Å². The molecule has 1 fully saturated rings. The first-order chi connectivity index (χ1) is 11.5. The first-order valence-electron chi connectivity index (χ1n) is 8.64. The number of carbonyl (C=O) groups excluding carboxylic acids is 1. The summed E-state index contributed by atoms with van der Waals surface area (Å²) in [4.78, 5) is 12.3. The first kappa shape index (κ1) is 18.3. The van der Waals surface area contributed by atoms with Crippen LogP contribution in [-0.2, 0) is 11.3 Å². The fraction of sp³-hybridized carbons (Fsp3) is 0.579. The highest BCUT2D eigenvalue weighted by atomic mass is 16.3. The van der Waals surface area contributed by atoms with Crippen molar-refractivity contribution in [3.8, 4) is 6.07 Å². The normalized spacial score (nSPS) is 15.9. The van der Waals surface area contributed by atoms with Gasteiger partial charge in [-0.3, -0.25) is 4.79 Å². The first-order valence-corrected chi connectivity index (χ1v) is 8.64. The van der Waals surface area contributed by atoms with E-state index in [1.54, 1.807) is 6.08 Å². The number of hydrogen-bond acceptors (Lipinski definition) is 3. The van der Waals surface area contributed by atoms with Gasteiger partial charge in [-0.1, -0.05) is 13.3 Å². The van der Waals surface area contributed by atoms with Crippen LogP contribution in [0.4, 0.5) is 0 Å². The largest absolute Gasteiger partial charge is 0.396 e. The Morgan fingerprint density at radius 2 is 2.21 bits per heavy atom. The number of rotatable bonds is 8. The molecule has 0 bridgehead atoms. The van der Waals surface area contributed by atoms with Crippen LogP contribution < -0.4 is 5.32 Å². The van der Waals surface area contributed by atoms with E-state index in [1.165, 1.54) is 0 Å². The molecule has 1 heterocycles. The third kappa shape index (κ3) is 4.07. The van der Waals surface area contributed by atoms with E-state index in [9.17, 15) is 15.2 Å². The smallest absolute Gasteiger partial charge is 0.261 e. The maximum atomic E-state index is 12.3. The molecule has 0 aliphatic heterocycles. The highest BCUT2D eigenvalue weighted by Crippen LogP contribution is 2.44. The lowest BCUT2D eigenvalue weighted by Crippen LogP contribution is -2.32. The number of aromatic nitrogens is 1. The molecule has 0 atom stereocenters. The molecule has 1 aromatic heterocycles. The second kappa shape index (κ2) is 7.67. The molecule has 0 radical (unpaired) electrons. The molecule has 0 unspecified atom stereocenters. The van der Waals surface area contributed by atoms with Crippen LogP contribution in [0.1, 0.15) is 49.6 Å². The van der Waals surface area contributed by atoms with Crippen LogP contribution in [0.15, 0.2) is 11.6 Å². The Kier molecular flexibility index (Phi) is 5.84. The summed E-state index contributed by atoms with van der Waals surface area (Å²) in [5.74, 6) is -0.365. The van der Waals surface area contributed by atoms with Gasteiger partial charge in [0.15, 0.2) is 0 Å². The van der Waals surface area contributed by atoms with Crippen molar-refractivity contribution in [2.24, 2.45) is 5.41 Å². The Hall–Kier alpha value is -2.06. The van der Waals surface area contributed by atoms with Crippen LogP contribution >= 0.6 is 0 Å². The van der Waals surface area contributed by atoms with Crippen molar-refractivity contribution >= 4 is 12.0 Å². The molecule has 0 spiro atoms. The topological polar surface area (TPSA) is 78.0 Å². The van der Waals surface area contributed by atoms with Gasteiger partial charge in [0.05, 0.1) is 6.61 Å². The zero-order valence-corrected chi connectivity index (χ0v) is 14.9. The quantitative estimate of drug-likeness (QED) is 0.568. The van der Waals surface area contributed by atoms with Crippen molar-refractivity contribution < 1.29 is 9.90 Å². The fourth-order valence-corrected chi connectivity index (χ4v) is 2.87. The van der Waals surface area contributed by atoms with Crippen LogP contribution in [-0.4, -0.2) is 28.7 Å². The molecule has 1 aliphatic carbocycles. The van der Waals surface area contributed by atoms with Crippen molar-refractivity contribution in [1.82, 2.24) is 9.88 Å². The van der Waals surface area contributed by atoms with Gasteiger partial charge in [-0.05, 0) is 50.8 Å². The maximum Gasteiger partial charge on any atom is 0.261 e. The minimum atomic E-state index is -0.365. The van der Waals surface area contributed by atoms with E-state index >= 15 is 0 Å². The van der Waals surface area contributed by atoms with Crippen LogP contribution in [0.5, 0.6) is 0 Å². The Morgan fingerprint density at radius 1 is 1.50 bits per heavy atom. The van der Waals surface area contributed by atoms with Crippen molar-refractivity contribution in [3.63, 3.8) is 0 Å². The summed E-state index contributed by atoms with van der Waals surface area (Å²) >= 11 is 0. The average Bonchev–Trinajstić information content (AvgIpc) is 3.31. The van der Waals surface area contributed by atoms with Crippen LogP contribution in [0.2, 0.25) is 0 Å². The van der Waals surface area contributed by atoms with Crippen LogP contribution in [0.3, 0.4) is 0 Å². The van der Waals surface area contributed by atoms with Crippen molar-refractivity contribution in [2.75, 3.05) is 13.2 Å². The molecule has 1 saturated carbocycles. The van der Waals surface area contributed by atoms with Gasteiger partial charge >= 0.3 is 0 Å². The second-order valence-corrected chi connectivity index (χ2v) is 6.84. The molecule has 0 saturated heterocycles. The van der Waals surface area contributed by atoms with E-state index in [2.05, 4.69) is 16.8 Å². The minimum Gasteiger partial charge on any atom is -0.396 e. The van der Waals surface area contributed by atoms with E-state index in [0.717, 1.165) is 49.2 Å². The molecule has 24 heavy (non-hydrogen) atoms. The molecule has 1 aromatic rings. The SMILES string of the molecule is CCCCn1c(C)cc(/C=C(/C#N)C(=O)NCC2(CO)CC2)c1C. The van der Waals surface area contributed by atoms with Crippen LogP contribution in [0.25, 0.3) is 6.08 Å². The highest BCUT2D eigenvalue weighted by Gasteiger charge is 2.42. The Labute approximate surface area is 144 Å². The molecule has 2 rings (SSSR count). The summed E-state index contributed by atoms with van der Waals surface area (Å²) in [6.45, 7) is 7.69. The Bertz CT molecular complexity index is 676. The molecule has 5 nitrogen and oxygen atoms in total. The lowest BCUT2D eigenvalue weighted by molar-refractivity contribution is -0.117. The molecular formula is C19H27N3O2. The summed E-state index contributed by atoms with van der Waals surface area (Å²) in [7, 11) is 0. The number of carbonyl (C=O) groups is 1. The van der Waals surface area contributed by atoms with Crippen molar-refractivity contribution in [3.05, 3.63) is 28.6 Å². The number of hydrogen-bond donors (Lipinski definition) is 2. The van der Waals surface area contributed by atoms with E-state index in [1.807, 2.05) is 26.0 Å². The Morgan fingerprint density at radius 3 is 2.75 bits per heavy atom. The highest BCUT2D eigenvalue weighted by molar-refractivity contribution is 6.01. The zero-order valence-electron chi connectivity index (χ0n) is 14.9. The summed E-state index contributed by atoms with van der Waals surface area (Å²) < 4.78 is 2.23. The summed E-state index contributed by atoms with van der Waals surface area (Å²) in [5.41, 5.74) is 3.09. The molecule has 0 aromatic carbocycles. The van der Waals surface area contributed by atoms with Crippen molar-refractivity contribution in [2.45, 2.75) is 53.0 Å². The number of unbranched alkanes of at least 4 members (excludes halogenated alkanes) is 1. The van der Waals surface area contributed by atoms with E-state index in [-0.39, 0.29) is 23.5 Å². The predicted molar refractivity (Wildman–Crippen MR) is 94.2 cm³/mol. The minimum absolute atomic E-state index is 0.0808. The third-order valence-electron chi connectivity index (χ3n) is 4.93. The Balaban J connectivity index is 2.12. The average molecular weight is 329 g/mol. The molecular weight excluding hydrogens is 302 g/mol. The molecule has 1 amide bonds. The predicted octanol–water partition coefficient (Wildman–Crippen LogP) is 2.70. The molecule has 1 aliphatic rings. The summed E-state index contributed by atoms with van der Waals surface area (Å²) in [6.07, 6.45) is 5.75.